The van der Waals surface area contributed by atoms with Gasteiger partial charge >= 0.3 is 0 Å². The number of ether oxygens (including phenoxy) is 1. The van der Waals surface area contributed by atoms with Gasteiger partial charge in [-0.3, -0.25) is 9.69 Å². The highest BCUT2D eigenvalue weighted by molar-refractivity contribution is 7.59. The van der Waals surface area contributed by atoms with Crippen LogP contribution in [0.5, 0.6) is 5.75 Å². The van der Waals surface area contributed by atoms with Crippen molar-refractivity contribution in [3.63, 3.8) is 0 Å². The van der Waals surface area contributed by atoms with Crippen LogP contribution in [0.2, 0.25) is 5.02 Å². The Hall–Kier alpha value is -2.99. The molecule has 1 aliphatic carbocycles. The van der Waals surface area contributed by atoms with Crippen molar-refractivity contribution in [2.24, 2.45) is 0 Å². The van der Waals surface area contributed by atoms with Gasteiger partial charge in [-0.2, -0.15) is 13.5 Å². The number of hydrogen-bond acceptors (Lipinski definition) is 9. The Morgan fingerprint density at radius 2 is 2.00 bits per heavy atom. The van der Waals surface area contributed by atoms with Gasteiger partial charge in [-0.15, -0.1) is 0 Å². The van der Waals surface area contributed by atoms with Gasteiger partial charge in [0.1, 0.15) is 24.0 Å². The van der Waals surface area contributed by atoms with Crippen LogP contribution in [0.1, 0.15) is 65.8 Å². The minimum Gasteiger partial charge on any atom is -0.484 e. The first-order valence-corrected chi connectivity index (χ1v) is 15.4. The summed E-state index contributed by atoms with van der Waals surface area (Å²) in [4.78, 5) is 26.4. The molecule has 1 aromatic carbocycles. The molecular formula is C31H41ClN6O4S. The Bertz CT molecular complexity index is 1370. The predicted octanol–water partition coefficient (Wildman–Crippen LogP) is 4.52. The van der Waals surface area contributed by atoms with Crippen LogP contribution in [0.4, 0.5) is 11.6 Å². The fourth-order valence-electron chi connectivity index (χ4n) is 5.82. The zero-order chi connectivity index (χ0) is 28.9. The molecule has 2 fully saturated rings. The number of oxazole rings is 1. The third kappa shape index (κ3) is 7.94. The molecule has 12 heteroatoms. The first-order valence-electron chi connectivity index (χ1n) is 15.0. The number of nitrogens with zero attached hydrogens (tertiary/aromatic N) is 4. The maximum absolute atomic E-state index is 13.2. The van der Waals surface area contributed by atoms with Gasteiger partial charge in [0, 0.05) is 50.9 Å². The lowest BCUT2D eigenvalue weighted by Crippen LogP contribution is -2.42. The summed E-state index contributed by atoms with van der Waals surface area (Å²) in [7, 11) is 0. The lowest BCUT2D eigenvalue weighted by atomic mass is 9.93. The second-order valence-corrected chi connectivity index (χ2v) is 11.9. The number of benzene rings is 1. The SMILES string of the molecule is O=C(NC[C@H](O)CN1CCc2c(ccc(OCc3cnco3)c2Cl)C1)c1cc(NC2CCC2)nc(N2CCCCC2)c1.S. The first kappa shape index (κ1) is 31.4. The molecule has 232 valence electrons. The molecule has 0 radical (unpaired) electrons. The normalized spacial score (nSPS) is 17.8. The van der Waals surface area contributed by atoms with Crippen LogP contribution in [0, 0.1) is 0 Å². The zero-order valence-corrected chi connectivity index (χ0v) is 26.1. The maximum Gasteiger partial charge on any atom is 0.251 e. The fourth-order valence-corrected chi connectivity index (χ4v) is 6.15. The first-order chi connectivity index (χ1) is 20.5. The lowest BCUT2D eigenvalue weighted by molar-refractivity contribution is 0.0841. The van der Waals surface area contributed by atoms with Gasteiger partial charge in [0.05, 0.1) is 17.3 Å². The van der Waals surface area contributed by atoms with Crippen LogP contribution in [-0.4, -0.2) is 70.8 Å². The number of rotatable bonds is 11. The second-order valence-electron chi connectivity index (χ2n) is 11.5. The average molecular weight is 629 g/mol. The van der Waals surface area contributed by atoms with Crippen LogP contribution in [0.3, 0.4) is 0 Å². The van der Waals surface area contributed by atoms with Crippen LogP contribution in [0.25, 0.3) is 0 Å². The van der Waals surface area contributed by atoms with Crippen molar-refractivity contribution >= 4 is 42.6 Å². The van der Waals surface area contributed by atoms with Crippen molar-refractivity contribution in [3.05, 3.63) is 64.3 Å². The highest BCUT2D eigenvalue weighted by atomic mass is 35.5. The fraction of sp³-hybridized carbons (Fsp3) is 0.516. The van der Waals surface area contributed by atoms with Crippen molar-refractivity contribution in [1.82, 2.24) is 20.2 Å². The Balaban J connectivity index is 0.00000368. The Morgan fingerprint density at radius 1 is 1.16 bits per heavy atom. The number of hydrogen-bond donors (Lipinski definition) is 3. The Labute approximate surface area is 264 Å². The summed E-state index contributed by atoms with van der Waals surface area (Å²) in [5.74, 6) is 2.66. The molecule has 1 saturated heterocycles. The molecule has 43 heavy (non-hydrogen) atoms. The van der Waals surface area contributed by atoms with Crippen LogP contribution < -0.4 is 20.3 Å². The van der Waals surface area contributed by atoms with Gasteiger partial charge in [-0.05, 0) is 74.3 Å². The van der Waals surface area contributed by atoms with Crippen molar-refractivity contribution in [1.29, 1.82) is 0 Å². The molecule has 1 amide bonds. The molecule has 2 aromatic heterocycles. The van der Waals surface area contributed by atoms with E-state index in [9.17, 15) is 9.90 Å². The largest absolute Gasteiger partial charge is 0.484 e. The number of halogens is 1. The van der Waals surface area contributed by atoms with Gasteiger partial charge in [-0.25, -0.2) is 9.97 Å². The van der Waals surface area contributed by atoms with E-state index in [1.807, 2.05) is 24.3 Å². The van der Waals surface area contributed by atoms with Gasteiger partial charge in [0.15, 0.2) is 12.2 Å². The molecule has 2 aliphatic heterocycles. The van der Waals surface area contributed by atoms with Crippen LogP contribution in [0.15, 0.2) is 41.3 Å². The number of aliphatic hydroxyl groups is 1. The van der Waals surface area contributed by atoms with Crippen molar-refractivity contribution < 1.29 is 19.1 Å². The van der Waals surface area contributed by atoms with Crippen molar-refractivity contribution in [2.45, 2.75) is 70.2 Å². The molecule has 3 N–H and O–H groups in total. The summed E-state index contributed by atoms with van der Waals surface area (Å²) in [6.45, 7) is 4.22. The molecule has 6 rings (SSSR count). The third-order valence-corrected chi connectivity index (χ3v) is 8.82. The van der Waals surface area contributed by atoms with Crippen molar-refractivity contribution in [3.8, 4) is 5.75 Å². The number of aromatic nitrogens is 2. The molecule has 0 bridgehead atoms. The van der Waals surface area contributed by atoms with Gasteiger partial charge in [0.25, 0.3) is 5.91 Å². The standard InChI is InChI=1S/C31H39ClN6O4.H2S/c32-30-26-9-12-37(17-21(26)7-8-27(30)41-19-25-16-33-20-42-25)18-24(39)15-34-31(40)22-13-28(35-23-5-4-6-23)36-29(14-22)38-10-2-1-3-11-38;/h7-8,13-14,16,20,23-24,39H,1-6,9-12,15,17-19H2,(H,34,40)(H,35,36);1H2/t24-;/m0./s1. The summed E-state index contributed by atoms with van der Waals surface area (Å²) >= 11 is 6.68. The highest BCUT2D eigenvalue weighted by Crippen LogP contribution is 2.34. The molecule has 1 saturated carbocycles. The number of aliphatic hydroxyl groups excluding tert-OH is 1. The molecule has 4 heterocycles. The number of pyridine rings is 1. The topological polar surface area (TPSA) is 116 Å². The van der Waals surface area contributed by atoms with E-state index in [0.717, 1.165) is 74.5 Å². The van der Waals surface area contributed by atoms with E-state index in [2.05, 4.69) is 25.4 Å². The molecule has 3 aromatic rings. The number of anilines is 2. The van der Waals surface area contributed by atoms with E-state index in [4.69, 9.17) is 25.7 Å². The van der Waals surface area contributed by atoms with E-state index in [1.165, 1.54) is 19.2 Å². The summed E-state index contributed by atoms with van der Waals surface area (Å²) in [5.41, 5.74) is 2.75. The number of β-amino-alcohol motifs (C(OH)–C–C–N with tert-alkyl or cyclic N) is 1. The van der Waals surface area contributed by atoms with Gasteiger partial charge in [0.2, 0.25) is 0 Å². The van der Waals surface area contributed by atoms with Crippen LogP contribution in [-0.2, 0) is 19.6 Å². The third-order valence-electron chi connectivity index (χ3n) is 8.41. The monoisotopic (exact) mass is 628 g/mol. The number of carbonyl (C=O) groups excluding carboxylic acids is 1. The second kappa shape index (κ2) is 14.7. The average Bonchev–Trinajstić information content (AvgIpc) is 3.51. The molecule has 0 spiro atoms. The Morgan fingerprint density at radius 3 is 2.74 bits per heavy atom. The smallest absolute Gasteiger partial charge is 0.251 e. The Kier molecular flexibility index (Phi) is 10.7. The van der Waals surface area contributed by atoms with E-state index in [-0.39, 0.29) is 32.6 Å². The molecular weight excluding hydrogens is 588 g/mol. The van der Waals surface area contributed by atoms with E-state index >= 15 is 0 Å². The minimum absolute atomic E-state index is 0. The number of fused-ring (bicyclic) bond motifs is 1. The van der Waals surface area contributed by atoms with E-state index in [1.54, 1.807) is 6.20 Å². The number of nitrogens with one attached hydrogen (secondary N) is 2. The van der Waals surface area contributed by atoms with E-state index < -0.39 is 6.10 Å². The lowest BCUT2D eigenvalue weighted by Gasteiger charge is -2.31. The zero-order valence-electron chi connectivity index (χ0n) is 24.4. The summed E-state index contributed by atoms with van der Waals surface area (Å²) in [6, 6.07) is 8.04. The highest BCUT2D eigenvalue weighted by Gasteiger charge is 2.24. The molecule has 3 aliphatic rings. The number of piperidine rings is 1. The summed E-state index contributed by atoms with van der Waals surface area (Å²) in [5, 5.41) is 17.9. The summed E-state index contributed by atoms with van der Waals surface area (Å²) < 4.78 is 11.1. The number of carbonyl (C=O) groups is 1. The van der Waals surface area contributed by atoms with Gasteiger partial charge < -0.3 is 29.8 Å². The van der Waals surface area contributed by atoms with E-state index in [0.29, 0.717) is 41.2 Å². The quantitative estimate of drug-likeness (QED) is 0.282. The maximum atomic E-state index is 13.2. The van der Waals surface area contributed by atoms with Gasteiger partial charge in [-0.1, -0.05) is 17.7 Å². The van der Waals surface area contributed by atoms with Crippen molar-refractivity contribution in [2.75, 3.05) is 42.9 Å². The predicted molar refractivity (Wildman–Crippen MR) is 172 cm³/mol. The molecule has 0 unspecified atom stereocenters. The molecule has 1 atom stereocenters. The molecule has 10 nitrogen and oxygen atoms in total. The minimum atomic E-state index is -0.702. The number of amides is 1. The summed E-state index contributed by atoms with van der Waals surface area (Å²) in [6.07, 6.45) is 10.0. The van der Waals surface area contributed by atoms with Crippen LogP contribution >= 0.6 is 25.1 Å².